The number of pyridine rings is 1. The highest BCUT2D eigenvalue weighted by Crippen LogP contribution is 2.39. The zero-order valence-electron chi connectivity index (χ0n) is 14.2. The van der Waals surface area contributed by atoms with Crippen LogP contribution in [0, 0.1) is 0 Å². The van der Waals surface area contributed by atoms with E-state index in [1.165, 1.54) is 11.3 Å². The molecule has 0 spiro atoms. The van der Waals surface area contributed by atoms with Crippen LogP contribution < -0.4 is 10.2 Å². The number of nitrogens with zero attached hydrogens (tertiary/aromatic N) is 2. The fourth-order valence-corrected chi connectivity index (χ4v) is 4.07. The van der Waals surface area contributed by atoms with Crippen LogP contribution in [-0.2, 0) is 4.74 Å². The van der Waals surface area contributed by atoms with E-state index in [-0.39, 0.29) is 5.91 Å². The van der Waals surface area contributed by atoms with Crippen molar-refractivity contribution in [3.8, 4) is 11.1 Å². The number of carbonyl (C=O) groups excluding carboxylic acids is 1. The van der Waals surface area contributed by atoms with E-state index < -0.39 is 0 Å². The van der Waals surface area contributed by atoms with Crippen molar-refractivity contribution in [2.24, 2.45) is 0 Å². The van der Waals surface area contributed by atoms with Gasteiger partial charge in [0.05, 0.1) is 23.1 Å². The number of aromatic nitrogens is 1. The zero-order chi connectivity index (χ0) is 17.8. The van der Waals surface area contributed by atoms with Crippen molar-refractivity contribution in [1.82, 2.24) is 4.98 Å². The van der Waals surface area contributed by atoms with Gasteiger partial charge in [-0.15, -0.1) is 11.3 Å². The summed E-state index contributed by atoms with van der Waals surface area (Å²) >= 11 is 1.53. The standard InChI is InChI=1S/C20H19N3O2S/c24-19(22-16-6-8-21-9-7-16)18-14-17(15-4-2-1-3-5-15)20(26-18)23-10-12-25-13-11-23/h1-9,14H,10-13H2,(H,21,22,24). The number of amides is 1. The van der Waals surface area contributed by atoms with Crippen LogP contribution in [0.3, 0.4) is 0 Å². The summed E-state index contributed by atoms with van der Waals surface area (Å²) in [7, 11) is 0. The van der Waals surface area contributed by atoms with Crippen LogP contribution in [0.5, 0.6) is 0 Å². The van der Waals surface area contributed by atoms with Crippen LogP contribution in [0.15, 0.2) is 60.9 Å². The summed E-state index contributed by atoms with van der Waals surface area (Å²) in [4.78, 5) is 19.7. The normalized spacial score (nSPS) is 14.2. The maximum Gasteiger partial charge on any atom is 0.265 e. The first-order chi connectivity index (χ1) is 12.8. The van der Waals surface area contributed by atoms with Gasteiger partial charge in [-0.1, -0.05) is 30.3 Å². The molecule has 1 amide bonds. The summed E-state index contributed by atoms with van der Waals surface area (Å²) in [6, 6.07) is 15.8. The van der Waals surface area contributed by atoms with Crippen LogP contribution >= 0.6 is 11.3 Å². The maximum absolute atomic E-state index is 12.7. The molecule has 1 aliphatic heterocycles. The maximum atomic E-state index is 12.7. The van der Waals surface area contributed by atoms with Crippen LogP contribution in [-0.4, -0.2) is 37.2 Å². The van der Waals surface area contributed by atoms with Crippen molar-refractivity contribution in [3.63, 3.8) is 0 Å². The third-order valence-corrected chi connectivity index (χ3v) is 5.45. The molecule has 1 aromatic carbocycles. The Hall–Kier alpha value is -2.70. The van der Waals surface area contributed by atoms with E-state index in [1.807, 2.05) is 24.3 Å². The fourth-order valence-electron chi connectivity index (χ4n) is 2.95. The molecule has 0 aliphatic carbocycles. The zero-order valence-corrected chi connectivity index (χ0v) is 15.0. The third-order valence-electron chi connectivity index (χ3n) is 4.26. The van der Waals surface area contributed by atoms with Gasteiger partial charge >= 0.3 is 0 Å². The third kappa shape index (κ3) is 3.61. The molecule has 6 heteroatoms. The molecule has 0 radical (unpaired) electrons. The van der Waals surface area contributed by atoms with Crippen molar-refractivity contribution in [2.75, 3.05) is 36.5 Å². The number of carbonyl (C=O) groups is 1. The molecule has 0 bridgehead atoms. The molecular formula is C20H19N3O2S. The molecule has 26 heavy (non-hydrogen) atoms. The van der Waals surface area contributed by atoms with E-state index in [4.69, 9.17) is 4.74 Å². The molecule has 5 nitrogen and oxygen atoms in total. The number of rotatable bonds is 4. The predicted octanol–water partition coefficient (Wildman–Crippen LogP) is 3.90. The lowest BCUT2D eigenvalue weighted by atomic mass is 10.1. The second-order valence-corrected chi connectivity index (χ2v) is 7.02. The number of morpholine rings is 1. The number of benzene rings is 1. The van der Waals surface area contributed by atoms with E-state index in [1.54, 1.807) is 24.5 Å². The minimum absolute atomic E-state index is 0.0992. The van der Waals surface area contributed by atoms with E-state index in [0.29, 0.717) is 18.1 Å². The van der Waals surface area contributed by atoms with Crippen LogP contribution in [0.2, 0.25) is 0 Å². The summed E-state index contributed by atoms with van der Waals surface area (Å²) in [5, 5.41) is 4.07. The highest BCUT2D eigenvalue weighted by atomic mass is 32.1. The molecule has 0 unspecified atom stereocenters. The lowest BCUT2D eigenvalue weighted by molar-refractivity contribution is 0.103. The number of anilines is 2. The first-order valence-corrected chi connectivity index (χ1v) is 9.36. The van der Waals surface area contributed by atoms with Crippen molar-refractivity contribution in [3.05, 3.63) is 65.8 Å². The topological polar surface area (TPSA) is 54.5 Å². The second-order valence-electron chi connectivity index (χ2n) is 5.98. The molecule has 0 saturated carbocycles. The Morgan fingerprint density at radius 3 is 2.54 bits per heavy atom. The van der Waals surface area contributed by atoms with Crippen molar-refractivity contribution in [1.29, 1.82) is 0 Å². The quantitative estimate of drug-likeness (QED) is 0.762. The number of nitrogens with one attached hydrogen (secondary N) is 1. The molecule has 1 N–H and O–H groups in total. The molecule has 0 atom stereocenters. The monoisotopic (exact) mass is 365 g/mol. The molecule has 1 fully saturated rings. The number of ether oxygens (including phenoxy) is 1. The SMILES string of the molecule is O=C(Nc1ccncc1)c1cc(-c2ccccc2)c(N2CCOCC2)s1. The highest BCUT2D eigenvalue weighted by Gasteiger charge is 2.21. The van der Waals surface area contributed by atoms with Gasteiger partial charge in [0, 0.05) is 36.7 Å². The molecule has 2 aromatic heterocycles. The molecule has 3 heterocycles. The Morgan fingerprint density at radius 1 is 1.08 bits per heavy atom. The minimum Gasteiger partial charge on any atom is -0.378 e. The van der Waals surface area contributed by atoms with E-state index in [9.17, 15) is 4.79 Å². The number of hydrogen-bond acceptors (Lipinski definition) is 5. The summed E-state index contributed by atoms with van der Waals surface area (Å²) < 4.78 is 5.48. The Morgan fingerprint density at radius 2 is 1.81 bits per heavy atom. The van der Waals surface area contributed by atoms with E-state index in [2.05, 4.69) is 27.3 Å². The lowest BCUT2D eigenvalue weighted by Crippen LogP contribution is -2.35. The Bertz CT molecular complexity index is 875. The summed E-state index contributed by atoms with van der Waals surface area (Å²) in [6.07, 6.45) is 3.33. The van der Waals surface area contributed by atoms with Gasteiger partial charge in [-0.05, 0) is 23.8 Å². The summed E-state index contributed by atoms with van der Waals surface area (Å²) in [6.45, 7) is 3.10. The Labute approximate surface area is 156 Å². The number of thiophene rings is 1. The highest BCUT2D eigenvalue weighted by molar-refractivity contribution is 7.18. The fraction of sp³-hybridized carbons (Fsp3) is 0.200. The van der Waals surface area contributed by atoms with Crippen LogP contribution in [0.1, 0.15) is 9.67 Å². The predicted molar refractivity (Wildman–Crippen MR) is 105 cm³/mol. The van der Waals surface area contributed by atoms with Crippen LogP contribution in [0.4, 0.5) is 10.7 Å². The van der Waals surface area contributed by atoms with Gasteiger partial charge in [0.15, 0.2) is 0 Å². The molecular weight excluding hydrogens is 346 g/mol. The van der Waals surface area contributed by atoms with E-state index >= 15 is 0 Å². The molecule has 132 valence electrons. The largest absolute Gasteiger partial charge is 0.378 e. The smallest absolute Gasteiger partial charge is 0.265 e. The molecule has 1 saturated heterocycles. The lowest BCUT2D eigenvalue weighted by Gasteiger charge is -2.28. The van der Waals surface area contributed by atoms with Crippen molar-refractivity contribution < 1.29 is 9.53 Å². The van der Waals surface area contributed by atoms with Gasteiger partial charge < -0.3 is 15.0 Å². The molecule has 3 aromatic rings. The van der Waals surface area contributed by atoms with E-state index in [0.717, 1.165) is 34.9 Å². The second kappa shape index (κ2) is 7.68. The van der Waals surface area contributed by atoms with Gasteiger partial charge in [0.25, 0.3) is 5.91 Å². The molecule has 4 rings (SSSR count). The van der Waals surface area contributed by atoms with Gasteiger partial charge in [-0.2, -0.15) is 0 Å². The van der Waals surface area contributed by atoms with Crippen molar-refractivity contribution in [2.45, 2.75) is 0 Å². The molecule has 1 aliphatic rings. The summed E-state index contributed by atoms with van der Waals surface area (Å²) in [5.74, 6) is -0.0992. The Kier molecular flexibility index (Phi) is 4.95. The van der Waals surface area contributed by atoms with Gasteiger partial charge in [-0.3, -0.25) is 9.78 Å². The van der Waals surface area contributed by atoms with Gasteiger partial charge in [0.1, 0.15) is 0 Å². The average Bonchev–Trinajstić information content (AvgIpc) is 3.16. The van der Waals surface area contributed by atoms with Gasteiger partial charge in [0.2, 0.25) is 0 Å². The van der Waals surface area contributed by atoms with Gasteiger partial charge in [-0.25, -0.2) is 0 Å². The number of hydrogen-bond donors (Lipinski definition) is 1. The van der Waals surface area contributed by atoms with Crippen LogP contribution in [0.25, 0.3) is 11.1 Å². The van der Waals surface area contributed by atoms with Crippen molar-refractivity contribution >= 4 is 27.9 Å². The minimum atomic E-state index is -0.0992. The Balaban J connectivity index is 1.67. The summed E-state index contributed by atoms with van der Waals surface area (Å²) in [5.41, 5.74) is 2.96. The average molecular weight is 365 g/mol. The first kappa shape index (κ1) is 16.8. The first-order valence-electron chi connectivity index (χ1n) is 8.54.